The van der Waals surface area contributed by atoms with E-state index in [1.54, 1.807) is 0 Å². The van der Waals surface area contributed by atoms with Crippen LogP contribution in [0.1, 0.15) is 24.8 Å². The summed E-state index contributed by atoms with van der Waals surface area (Å²) in [5.41, 5.74) is 10.1. The molecule has 0 unspecified atom stereocenters. The molecule has 19 heavy (non-hydrogen) atoms. The molecule has 1 heterocycles. The minimum absolute atomic E-state index is 0.326. The maximum absolute atomic E-state index is 11.3. The van der Waals surface area contributed by atoms with E-state index in [1.807, 2.05) is 23.6 Å². The molecule has 3 nitrogen and oxygen atoms in total. The first-order valence-corrected chi connectivity index (χ1v) is 7.13. The number of nitrogen functional groups attached to an aromatic ring is 1. The molecule has 2 N–H and O–H groups in total. The molecule has 1 aromatic carbocycles. The van der Waals surface area contributed by atoms with Crippen molar-refractivity contribution in [1.29, 1.82) is 0 Å². The van der Waals surface area contributed by atoms with Gasteiger partial charge in [-0.1, -0.05) is 24.3 Å². The summed E-state index contributed by atoms with van der Waals surface area (Å²) in [5, 5.41) is 2.55. The first kappa shape index (κ1) is 12.1. The summed E-state index contributed by atoms with van der Waals surface area (Å²) < 4.78 is 0. The van der Waals surface area contributed by atoms with Crippen molar-refractivity contribution < 1.29 is 4.79 Å². The zero-order valence-electron chi connectivity index (χ0n) is 10.4. The van der Waals surface area contributed by atoms with E-state index in [-0.39, 0.29) is 0 Å². The van der Waals surface area contributed by atoms with Gasteiger partial charge in [0.25, 0.3) is 0 Å². The van der Waals surface area contributed by atoms with Gasteiger partial charge < -0.3 is 5.73 Å². The Morgan fingerprint density at radius 2 is 2.05 bits per heavy atom. The molecule has 0 amide bonds. The third kappa shape index (κ3) is 2.58. The molecule has 0 atom stereocenters. The number of aromatic nitrogens is 1. The summed E-state index contributed by atoms with van der Waals surface area (Å²) in [6, 6.07) is 8.26. The number of carbonyl (C=O) groups excluding carboxylic acids is 1. The highest BCUT2D eigenvalue weighted by atomic mass is 32.1. The Kier molecular flexibility index (Phi) is 3.17. The quantitative estimate of drug-likeness (QED) is 0.908. The number of Topliss-reactive ketones (excluding diaryl/α,β-unsaturated/α-hetero) is 1. The zero-order valence-corrected chi connectivity index (χ0v) is 11.2. The lowest BCUT2D eigenvalue weighted by molar-refractivity contribution is -0.118. The van der Waals surface area contributed by atoms with Crippen molar-refractivity contribution in [3.63, 3.8) is 0 Å². The van der Waals surface area contributed by atoms with Crippen LogP contribution in [0.15, 0.2) is 35.7 Å². The first-order chi connectivity index (χ1) is 9.22. The van der Waals surface area contributed by atoms with Crippen LogP contribution in [0, 0.1) is 0 Å². The summed E-state index contributed by atoms with van der Waals surface area (Å²) >= 11 is 1.45. The van der Waals surface area contributed by atoms with Gasteiger partial charge in [-0.15, -0.1) is 11.3 Å². The van der Waals surface area contributed by atoms with Crippen LogP contribution < -0.4 is 5.73 Å². The molecule has 1 aromatic heterocycles. The van der Waals surface area contributed by atoms with Gasteiger partial charge in [0, 0.05) is 23.8 Å². The largest absolute Gasteiger partial charge is 0.375 e. The van der Waals surface area contributed by atoms with Gasteiger partial charge in [-0.2, -0.15) is 0 Å². The Hall–Kier alpha value is -1.94. The van der Waals surface area contributed by atoms with E-state index in [0.29, 0.717) is 23.8 Å². The number of carbonyl (C=O) groups is 1. The van der Waals surface area contributed by atoms with E-state index < -0.39 is 0 Å². The minimum Gasteiger partial charge on any atom is -0.375 e. The summed E-state index contributed by atoms with van der Waals surface area (Å²) in [5.74, 6) is 0.326. The fourth-order valence-electron chi connectivity index (χ4n) is 2.28. The molecule has 0 aliphatic heterocycles. The molecule has 0 spiro atoms. The second-order valence-corrected chi connectivity index (χ2v) is 5.51. The third-order valence-electron chi connectivity index (χ3n) is 3.30. The summed E-state index contributed by atoms with van der Waals surface area (Å²) in [4.78, 5) is 15.6. The van der Waals surface area contributed by atoms with Crippen molar-refractivity contribution in [3.05, 3.63) is 41.3 Å². The predicted octanol–water partition coefficient (Wildman–Crippen LogP) is 3.53. The normalized spacial score (nSPS) is 15.4. The molecule has 1 aliphatic rings. The van der Waals surface area contributed by atoms with E-state index in [2.05, 4.69) is 17.1 Å². The van der Waals surface area contributed by atoms with Crippen molar-refractivity contribution in [1.82, 2.24) is 4.98 Å². The lowest BCUT2D eigenvalue weighted by atomic mass is 9.92. The lowest BCUT2D eigenvalue weighted by Gasteiger charge is -2.13. The number of anilines is 1. The number of thiazole rings is 1. The van der Waals surface area contributed by atoms with Gasteiger partial charge >= 0.3 is 0 Å². The second-order valence-electron chi connectivity index (χ2n) is 4.62. The highest BCUT2D eigenvalue weighted by molar-refractivity contribution is 7.13. The maximum Gasteiger partial charge on any atom is 0.180 e. The Morgan fingerprint density at radius 3 is 2.74 bits per heavy atom. The third-order valence-corrected chi connectivity index (χ3v) is 3.97. The fourth-order valence-corrected chi connectivity index (χ4v) is 2.85. The Labute approximate surface area is 115 Å². The topological polar surface area (TPSA) is 56.0 Å². The number of nitrogens with zero attached hydrogens (tertiary/aromatic N) is 1. The van der Waals surface area contributed by atoms with Crippen LogP contribution >= 0.6 is 11.3 Å². The van der Waals surface area contributed by atoms with E-state index >= 15 is 0 Å². The number of hydrogen-bond donors (Lipinski definition) is 1. The number of nitrogens with two attached hydrogens (primary N) is 1. The van der Waals surface area contributed by atoms with E-state index in [1.165, 1.54) is 22.5 Å². The fraction of sp³-hybridized carbons (Fsp3) is 0.200. The lowest BCUT2D eigenvalue weighted by Crippen LogP contribution is -2.03. The van der Waals surface area contributed by atoms with Crippen LogP contribution in [0.4, 0.5) is 5.13 Å². The molecule has 1 aliphatic carbocycles. The highest BCUT2D eigenvalue weighted by Gasteiger charge is 2.12. The zero-order chi connectivity index (χ0) is 13.2. The van der Waals surface area contributed by atoms with Gasteiger partial charge in [-0.05, 0) is 23.6 Å². The van der Waals surface area contributed by atoms with Crippen LogP contribution in [0.25, 0.3) is 16.8 Å². The van der Waals surface area contributed by atoms with E-state index in [9.17, 15) is 4.79 Å². The molecular formula is C15H14N2OS. The van der Waals surface area contributed by atoms with Crippen molar-refractivity contribution in [3.8, 4) is 11.3 Å². The van der Waals surface area contributed by atoms with Crippen molar-refractivity contribution in [2.45, 2.75) is 19.3 Å². The molecule has 0 radical (unpaired) electrons. The monoisotopic (exact) mass is 270 g/mol. The Balaban J connectivity index is 1.94. The average Bonchev–Trinajstić information content (AvgIpc) is 2.86. The van der Waals surface area contributed by atoms with Gasteiger partial charge in [-0.25, -0.2) is 4.98 Å². The van der Waals surface area contributed by atoms with Gasteiger partial charge in [0.1, 0.15) is 5.78 Å². The average molecular weight is 270 g/mol. The molecule has 3 rings (SSSR count). The molecule has 4 heteroatoms. The first-order valence-electron chi connectivity index (χ1n) is 6.25. The van der Waals surface area contributed by atoms with Crippen LogP contribution in [0.3, 0.4) is 0 Å². The van der Waals surface area contributed by atoms with Crippen LogP contribution in [0.2, 0.25) is 0 Å². The highest BCUT2D eigenvalue weighted by Crippen LogP contribution is 2.29. The molecule has 0 saturated carbocycles. The molecular weight excluding hydrogens is 256 g/mol. The standard InChI is InChI=1S/C15H14N2OS/c16-15-17-14(9-19-15)12-3-1-2-11(8-12)10-4-6-13(18)7-5-10/h1-4,8-9H,5-7H2,(H2,16,17). The van der Waals surface area contributed by atoms with Gasteiger partial charge in [-0.3, -0.25) is 4.79 Å². The summed E-state index contributed by atoms with van der Waals surface area (Å²) in [6.45, 7) is 0. The van der Waals surface area contributed by atoms with Crippen LogP contribution in [-0.4, -0.2) is 10.8 Å². The van der Waals surface area contributed by atoms with Crippen LogP contribution in [0.5, 0.6) is 0 Å². The smallest absolute Gasteiger partial charge is 0.180 e. The number of ketones is 1. The molecule has 0 bridgehead atoms. The number of rotatable bonds is 2. The van der Waals surface area contributed by atoms with Crippen molar-refractivity contribution in [2.24, 2.45) is 0 Å². The van der Waals surface area contributed by atoms with Gasteiger partial charge in [0.05, 0.1) is 5.69 Å². The molecule has 2 aromatic rings. The molecule has 0 saturated heterocycles. The van der Waals surface area contributed by atoms with Gasteiger partial charge in [0.2, 0.25) is 0 Å². The Morgan fingerprint density at radius 1 is 1.21 bits per heavy atom. The van der Waals surface area contributed by atoms with E-state index in [4.69, 9.17) is 5.73 Å². The van der Waals surface area contributed by atoms with Crippen molar-refractivity contribution in [2.75, 3.05) is 5.73 Å². The summed E-state index contributed by atoms with van der Waals surface area (Å²) in [6.07, 6.45) is 4.09. The SMILES string of the molecule is Nc1nc(-c2cccc(C3=CCC(=O)CC3)c2)cs1. The minimum atomic E-state index is 0.326. The number of allylic oxidation sites excluding steroid dienone is 2. The predicted molar refractivity (Wildman–Crippen MR) is 78.8 cm³/mol. The van der Waals surface area contributed by atoms with Crippen molar-refractivity contribution >= 4 is 27.8 Å². The molecule has 0 fully saturated rings. The van der Waals surface area contributed by atoms with Gasteiger partial charge in [0.15, 0.2) is 5.13 Å². The summed E-state index contributed by atoms with van der Waals surface area (Å²) in [7, 11) is 0. The molecule has 96 valence electrons. The second kappa shape index (κ2) is 4.97. The number of hydrogen-bond acceptors (Lipinski definition) is 4. The number of benzene rings is 1. The van der Waals surface area contributed by atoms with E-state index in [0.717, 1.165) is 17.7 Å². The maximum atomic E-state index is 11.3. The Bertz CT molecular complexity index is 658. The van der Waals surface area contributed by atoms with Crippen LogP contribution in [-0.2, 0) is 4.79 Å².